The normalized spacial score (nSPS) is 44.3. The molecule has 2 N–H and O–H groups in total. The maximum Gasteiger partial charge on any atom is 0.237 e. The van der Waals surface area contributed by atoms with E-state index in [0.29, 0.717) is 12.6 Å². The van der Waals surface area contributed by atoms with Gasteiger partial charge in [0.25, 0.3) is 0 Å². The Kier molecular flexibility index (Phi) is 4.55. The highest BCUT2D eigenvalue weighted by molar-refractivity contribution is 5.82. The van der Waals surface area contributed by atoms with E-state index in [0.717, 1.165) is 68.7 Å². The highest BCUT2D eigenvalue weighted by Gasteiger charge is 2.49. The largest absolute Gasteiger partial charge is 0.389 e. The number of carbonyl (C=O) groups excluding carboxylic acids is 1. The van der Waals surface area contributed by atoms with E-state index in [1.54, 1.807) is 0 Å². The van der Waals surface area contributed by atoms with Crippen molar-refractivity contribution < 1.29 is 9.90 Å². The number of carbonyl (C=O) groups is 1. The van der Waals surface area contributed by atoms with Crippen LogP contribution in [0.15, 0.2) is 0 Å². The van der Waals surface area contributed by atoms with Crippen molar-refractivity contribution in [1.82, 2.24) is 10.2 Å². The molecule has 1 amide bonds. The summed E-state index contributed by atoms with van der Waals surface area (Å²) >= 11 is 0. The summed E-state index contributed by atoms with van der Waals surface area (Å²) in [4.78, 5) is 15.5. The minimum atomic E-state index is -0.552. The minimum Gasteiger partial charge on any atom is -0.389 e. The van der Waals surface area contributed by atoms with E-state index in [1.165, 1.54) is 38.5 Å². The average Bonchev–Trinajstić information content (AvgIpc) is 3.05. The van der Waals surface area contributed by atoms with Crippen LogP contribution < -0.4 is 5.32 Å². The predicted molar refractivity (Wildman–Crippen MR) is 102 cm³/mol. The lowest BCUT2D eigenvalue weighted by Crippen LogP contribution is -2.59. The Labute approximate surface area is 158 Å². The molecule has 4 bridgehead atoms. The highest BCUT2D eigenvalue weighted by atomic mass is 16.3. The molecule has 0 radical (unpaired) electrons. The second-order valence-corrected chi connectivity index (χ2v) is 10.4. The summed E-state index contributed by atoms with van der Waals surface area (Å²) < 4.78 is 0. The molecule has 1 aliphatic heterocycles. The van der Waals surface area contributed by atoms with Crippen LogP contribution in [0.4, 0.5) is 0 Å². The zero-order chi connectivity index (χ0) is 17.7. The van der Waals surface area contributed by atoms with Gasteiger partial charge in [0.15, 0.2) is 0 Å². The zero-order valence-electron chi connectivity index (χ0n) is 16.2. The molecule has 0 aromatic rings. The molecule has 0 spiro atoms. The van der Waals surface area contributed by atoms with E-state index in [-0.39, 0.29) is 11.9 Å². The van der Waals surface area contributed by atoms with Gasteiger partial charge in [0.1, 0.15) is 0 Å². The Morgan fingerprint density at radius 1 is 0.962 bits per heavy atom. The quantitative estimate of drug-likeness (QED) is 0.810. The molecule has 1 saturated heterocycles. The number of nitrogens with zero attached hydrogens (tertiary/aromatic N) is 1. The van der Waals surface area contributed by atoms with Gasteiger partial charge in [-0.15, -0.1) is 0 Å². The van der Waals surface area contributed by atoms with Gasteiger partial charge in [0.2, 0.25) is 5.91 Å². The SMILES string of the molecule is O=C(NC1C2CC3CC(C2)CC1C3)[C@H]1CCCN1CC1(O)CCCCC1. The first-order valence-electron chi connectivity index (χ1n) is 11.4. The number of amides is 1. The van der Waals surface area contributed by atoms with Crippen LogP contribution in [-0.2, 0) is 4.79 Å². The van der Waals surface area contributed by atoms with Crippen LogP contribution in [0.3, 0.4) is 0 Å². The summed E-state index contributed by atoms with van der Waals surface area (Å²) in [6.45, 7) is 1.68. The van der Waals surface area contributed by atoms with E-state index in [9.17, 15) is 9.90 Å². The summed E-state index contributed by atoms with van der Waals surface area (Å²) in [7, 11) is 0. The second-order valence-electron chi connectivity index (χ2n) is 10.4. The van der Waals surface area contributed by atoms with Crippen LogP contribution >= 0.6 is 0 Å². The van der Waals surface area contributed by atoms with Crippen molar-refractivity contribution in [2.75, 3.05) is 13.1 Å². The number of β-amino-alcohol motifs (C(OH)–C–C–N with tert-alkyl or cyclic N) is 1. The van der Waals surface area contributed by atoms with Crippen molar-refractivity contribution in [1.29, 1.82) is 0 Å². The number of hydrogen-bond donors (Lipinski definition) is 2. The Hall–Kier alpha value is -0.610. The lowest BCUT2D eigenvalue weighted by Gasteiger charge is -2.54. The molecular formula is C22H36N2O2. The number of nitrogens with one attached hydrogen (secondary N) is 1. The molecule has 1 atom stereocenters. The topological polar surface area (TPSA) is 52.6 Å². The number of likely N-dealkylation sites (tertiary alicyclic amines) is 1. The third kappa shape index (κ3) is 3.22. The van der Waals surface area contributed by atoms with E-state index < -0.39 is 5.60 Å². The van der Waals surface area contributed by atoms with Gasteiger partial charge >= 0.3 is 0 Å². The summed E-state index contributed by atoms with van der Waals surface area (Å²) in [5.74, 6) is 3.66. The lowest BCUT2D eigenvalue weighted by molar-refractivity contribution is -0.130. The van der Waals surface area contributed by atoms with E-state index in [1.807, 2.05) is 0 Å². The van der Waals surface area contributed by atoms with Crippen molar-refractivity contribution in [3.05, 3.63) is 0 Å². The zero-order valence-corrected chi connectivity index (χ0v) is 16.2. The lowest BCUT2D eigenvalue weighted by atomic mass is 9.54. The average molecular weight is 361 g/mol. The smallest absolute Gasteiger partial charge is 0.237 e. The van der Waals surface area contributed by atoms with Gasteiger partial charge in [0.05, 0.1) is 11.6 Å². The fraction of sp³-hybridized carbons (Fsp3) is 0.955. The molecule has 4 heteroatoms. The monoisotopic (exact) mass is 360 g/mol. The van der Waals surface area contributed by atoms with E-state index in [2.05, 4.69) is 10.2 Å². The molecular weight excluding hydrogens is 324 g/mol. The fourth-order valence-corrected chi connectivity index (χ4v) is 7.48. The maximum absolute atomic E-state index is 13.2. The second kappa shape index (κ2) is 6.77. The number of rotatable bonds is 4. The summed E-state index contributed by atoms with van der Waals surface area (Å²) in [6, 6.07) is 0.439. The molecule has 6 rings (SSSR count). The molecule has 0 unspecified atom stereocenters. The molecule has 5 saturated carbocycles. The molecule has 26 heavy (non-hydrogen) atoms. The summed E-state index contributed by atoms with van der Waals surface area (Å²) in [5.41, 5.74) is -0.552. The molecule has 1 heterocycles. The standard InChI is InChI=1S/C22H36N2O2/c25-21(23-20-17-10-15-9-16(12-17)13-18(20)11-15)19-5-4-8-24(19)14-22(26)6-2-1-3-7-22/h15-20,26H,1-14H2,(H,23,25)/t15?,16?,17?,18?,19-,20?/m1/s1. The van der Waals surface area contributed by atoms with Crippen molar-refractivity contribution in [3.8, 4) is 0 Å². The Morgan fingerprint density at radius 2 is 1.62 bits per heavy atom. The van der Waals surface area contributed by atoms with Crippen LogP contribution in [-0.4, -0.2) is 46.7 Å². The first-order chi connectivity index (χ1) is 12.6. The van der Waals surface area contributed by atoms with Crippen molar-refractivity contribution in [2.45, 2.75) is 94.7 Å². The molecule has 0 aromatic heterocycles. The van der Waals surface area contributed by atoms with Crippen LogP contribution in [0.25, 0.3) is 0 Å². The van der Waals surface area contributed by atoms with Gasteiger partial charge < -0.3 is 10.4 Å². The van der Waals surface area contributed by atoms with Crippen molar-refractivity contribution in [3.63, 3.8) is 0 Å². The molecule has 5 aliphatic carbocycles. The Morgan fingerprint density at radius 3 is 2.27 bits per heavy atom. The van der Waals surface area contributed by atoms with Gasteiger partial charge in [-0.3, -0.25) is 9.69 Å². The fourth-order valence-electron chi connectivity index (χ4n) is 7.48. The Balaban J connectivity index is 1.22. The molecule has 0 aromatic carbocycles. The van der Waals surface area contributed by atoms with Gasteiger partial charge in [-0.25, -0.2) is 0 Å². The van der Waals surface area contributed by atoms with Crippen molar-refractivity contribution >= 4 is 5.91 Å². The first kappa shape index (κ1) is 17.5. The van der Waals surface area contributed by atoms with E-state index >= 15 is 0 Å². The van der Waals surface area contributed by atoms with Crippen LogP contribution in [0.5, 0.6) is 0 Å². The minimum absolute atomic E-state index is 0.00172. The predicted octanol–water partition coefficient (Wildman–Crippen LogP) is 3.09. The number of aliphatic hydroxyl groups is 1. The Bertz CT molecular complexity index is 514. The third-order valence-corrected chi connectivity index (χ3v) is 8.48. The molecule has 6 aliphatic rings. The van der Waals surface area contributed by atoms with E-state index in [4.69, 9.17) is 0 Å². The van der Waals surface area contributed by atoms with Crippen LogP contribution in [0.2, 0.25) is 0 Å². The third-order valence-electron chi connectivity index (χ3n) is 8.48. The molecule has 6 fully saturated rings. The van der Waals surface area contributed by atoms with Crippen LogP contribution in [0.1, 0.15) is 77.0 Å². The van der Waals surface area contributed by atoms with Gasteiger partial charge in [-0.2, -0.15) is 0 Å². The molecule has 146 valence electrons. The van der Waals surface area contributed by atoms with Gasteiger partial charge in [-0.1, -0.05) is 19.3 Å². The van der Waals surface area contributed by atoms with Gasteiger partial charge in [0, 0.05) is 12.6 Å². The molecule has 4 nitrogen and oxygen atoms in total. The van der Waals surface area contributed by atoms with Gasteiger partial charge in [-0.05, 0) is 88.0 Å². The van der Waals surface area contributed by atoms with Crippen molar-refractivity contribution in [2.24, 2.45) is 23.7 Å². The maximum atomic E-state index is 13.2. The first-order valence-corrected chi connectivity index (χ1v) is 11.4. The van der Waals surface area contributed by atoms with Crippen LogP contribution in [0, 0.1) is 23.7 Å². The highest BCUT2D eigenvalue weighted by Crippen LogP contribution is 2.53. The number of hydrogen-bond acceptors (Lipinski definition) is 3. The summed E-state index contributed by atoms with van der Waals surface area (Å²) in [5, 5.41) is 14.5. The summed E-state index contributed by atoms with van der Waals surface area (Å²) in [6.07, 6.45) is 14.3.